The van der Waals surface area contributed by atoms with Crippen LogP contribution in [-0.4, -0.2) is 20.6 Å². The predicted octanol–water partition coefficient (Wildman–Crippen LogP) is -0.611. The van der Waals surface area contributed by atoms with E-state index in [0.29, 0.717) is 0 Å². The SMILES string of the molecule is CS(=O)c1noc(N)n1. The van der Waals surface area contributed by atoms with Crippen molar-refractivity contribution < 1.29 is 8.73 Å². The van der Waals surface area contributed by atoms with Gasteiger partial charge in [0.15, 0.2) is 0 Å². The second-order valence-electron chi connectivity index (χ2n) is 1.37. The van der Waals surface area contributed by atoms with Gasteiger partial charge in [0.05, 0.1) is 10.8 Å². The molecule has 1 aromatic rings. The molecule has 0 fully saturated rings. The first-order valence-electron chi connectivity index (χ1n) is 2.13. The van der Waals surface area contributed by atoms with Gasteiger partial charge in [-0.15, -0.1) is 0 Å². The van der Waals surface area contributed by atoms with Gasteiger partial charge < -0.3 is 10.3 Å². The first kappa shape index (κ1) is 6.21. The van der Waals surface area contributed by atoms with E-state index in [4.69, 9.17) is 5.73 Å². The summed E-state index contributed by atoms with van der Waals surface area (Å²) in [5, 5.41) is 3.44. The Kier molecular flexibility index (Phi) is 1.48. The minimum absolute atomic E-state index is 0.0554. The average molecular weight is 147 g/mol. The molecule has 0 aliphatic carbocycles. The minimum Gasteiger partial charge on any atom is -0.351 e. The molecule has 6 heteroatoms. The topological polar surface area (TPSA) is 82.0 Å². The highest BCUT2D eigenvalue weighted by molar-refractivity contribution is 7.84. The average Bonchev–Trinajstić information content (AvgIpc) is 2.14. The third-order valence-corrected chi connectivity index (χ3v) is 1.36. The molecule has 0 bridgehead atoms. The molecule has 5 nitrogen and oxygen atoms in total. The summed E-state index contributed by atoms with van der Waals surface area (Å²) < 4.78 is 14.9. The molecule has 0 aliphatic rings. The van der Waals surface area contributed by atoms with Crippen LogP contribution < -0.4 is 5.73 Å². The van der Waals surface area contributed by atoms with Gasteiger partial charge in [0.2, 0.25) is 0 Å². The first-order valence-corrected chi connectivity index (χ1v) is 3.68. The fraction of sp³-hybridized carbons (Fsp3) is 0.333. The summed E-state index contributed by atoms with van der Waals surface area (Å²) in [5.41, 5.74) is 5.04. The monoisotopic (exact) mass is 147 g/mol. The van der Waals surface area contributed by atoms with E-state index < -0.39 is 10.8 Å². The number of hydrogen-bond acceptors (Lipinski definition) is 5. The van der Waals surface area contributed by atoms with Crippen LogP contribution in [0, 0.1) is 0 Å². The third kappa shape index (κ3) is 1.26. The lowest BCUT2D eigenvalue weighted by Gasteiger charge is -1.76. The smallest absolute Gasteiger partial charge is 0.319 e. The Balaban J connectivity index is 2.98. The standard InChI is InChI=1S/C3H5N3O2S/c1-9(7)3-5-2(4)8-6-3/h1H3,(H2,4,5,6). The summed E-state index contributed by atoms with van der Waals surface area (Å²) in [6.45, 7) is 0. The first-order chi connectivity index (χ1) is 4.20. The van der Waals surface area contributed by atoms with Gasteiger partial charge in [0.25, 0.3) is 5.16 Å². The molecule has 0 radical (unpaired) electrons. The van der Waals surface area contributed by atoms with Crippen molar-refractivity contribution in [3.8, 4) is 0 Å². The van der Waals surface area contributed by atoms with Gasteiger partial charge in [-0.2, -0.15) is 4.98 Å². The Bertz CT molecular complexity index is 233. The van der Waals surface area contributed by atoms with Crippen molar-refractivity contribution in [2.24, 2.45) is 0 Å². The molecule has 0 saturated heterocycles. The molecule has 50 valence electrons. The lowest BCUT2D eigenvalue weighted by molar-refractivity contribution is 0.418. The van der Waals surface area contributed by atoms with E-state index in [9.17, 15) is 4.21 Å². The number of anilines is 1. The summed E-state index contributed by atoms with van der Waals surface area (Å²) in [6.07, 6.45) is 1.45. The Hall–Kier alpha value is -0.910. The van der Waals surface area contributed by atoms with Crippen molar-refractivity contribution in [3.05, 3.63) is 0 Å². The normalized spacial score (nSPS) is 13.4. The van der Waals surface area contributed by atoms with Crippen LogP contribution >= 0.6 is 0 Å². The van der Waals surface area contributed by atoms with Crippen molar-refractivity contribution in [2.45, 2.75) is 5.16 Å². The molecule has 1 atom stereocenters. The minimum atomic E-state index is -1.20. The maximum Gasteiger partial charge on any atom is 0.319 e. The molecule has 9 heavy (non-hydrogen) atoms. The van der Waals surface area contributed by atoms with Gasteiger partial charge in [-0.3, -0.25) is 4.21 Å². The fourth-order valence-corrected chi connectivity index (χ4v) is 0.698. The number of nitrogen functional groups attached to an aromatic ring is 1. The van der Waals surface area contributed by atoms with Crippen molar-refractivity contribution in [3.63, 3.8) is 0 Å². The zero-order valence-electron chi connectivity index (χ0n) is 4.70. The number of nitrogens with zero attached hydrogens (tertiary/aromatic N) is 2. The fourth-order valence-electron chi connectivity index (χ4n) is 0.338. The Morgan fingerprint density at radius 2 is 2.44 bits per heavy atom. The molecule has 0 spiro atoms. The molecule has 2 N–H and O–H groups in total. The number of rotatable bonds is 1. The number of aromatic nitrogens is 2. The third-order valence-electron chi connectivity index (χ3n) is 0.680. The van der Waals surface area contributed by atoms with E-state index in [1.165, 1.54) is 6.26 Å². The maximum atomic E-state index is 10.5. The molecule has 1 rings (SSSR count). The second kappa shape index (κ2) is 2.14. The van der Waals surface area contributed by atoms with E-state index >= 15 is 0 Å². The van der Waals surface area contributed by atoms with Crippen LogP contribution in [0.25, 0.3) is 0 Å². The van der Waals surface area contributed by atoms with Crippen molar-refractivity contribution in [1.29, 1.82) is 0 Å². The van der Waals surface area contributed by atoms with Gasteiger partial charge in [0.1, 0.15) is 0 Å². The molecule has 0 aliphatic heterocycles. The van der Waals surface area contributed by atoms with E-state index in [1.54, 1.807) is 0 Å². The molecular formula is C3H5N3O2S. The maximum absolute atomic E-state index is 10.5. The van der Waals surface area contributed by atoms with E-state index in [0.717, 1.165) is 0 Å². The van der Waals surface area contributed by atoms with Crippen molar-refractivity contribution in [2.75, 3.05) is 12.0 Å². The van der Waals surface area contributed by atoms with Crippen molar-refractivity contribution >= 4 is 16.8 Å². The number of hydrogen-bond donors (Lipinski definition) is 1. The summed E-state index contributed by atoms with van der Waals surface area (Å²) in [4.78, 5) is 3.51. The van der Waals surface area contributed by atoms with E-state index in [-0.39, 0.29) is 11.2 Å². The zero-order valence-corrected chi connectivity index (χ0v) is 5.51. The Morgan fingerprint density at radius 3 is 2.67 bits per heavy atom. The second-order valence-corrected chi connectivity index (χ2v) is 2.64. The predicted molar refractivity (Wildman–Crippen MR) is 31.0 cm³/mol. The molecule has 1 unspecified atom stereocenters. The summed E-state index contributed by atoms with van der Waals surface area (Å²) >= 11 is 0. The van der Waals surface area contributed by atoms with Gasteiger partial charge in [-0.1, -0.05) is 0 Å². The van der Waals surface area contributed by atoms with E-state index in [1.807, 2.05) is 0 Å². The molecule has 0 amide bonds. The molecule has 0 aromatic carbocycles. The Labute approximate surface area is 53.7 Å². The molecular weight excluding hydrogens is 142 g/mol. The van der Waals surface area contributed by atoms with Crippen LogP contribution in [0.2, 0.25) is 0 Å². The van der Waals surface area contributed by atoms with E-state index in [2.05, 4.69) is 14.7 Å². The molecule has 1 heterocycles. The van der Waals surface area contributed by atoms with Gasteiger partial charge >= 0.3 is 6.01 Å². The summed E-state index contributed by atoms with van der Waals surface area (Å²) in [5.74, 6) is 0. The van der Waals surface area contributed by atoms with Gasteiger partial charge in [0, 0.05) is 6.26 Å². The van der Waals surface area contributed by atoms with Crippen LogP contribution in [0.5, 0.6) is 0 Å². The lowest BCUT2D eigenvalue weighted by Crippen LogP contribution is -1.90. The number of nitrogens with two attached hydrogens (primary N) is 1. The Morgan fingerprint density at radius 1 is 1.78 bits per heavy atom. The largest absolute Gasteiger partial charge is 0.351 e. The van der Waals surface area contributed by atoms with Gasteiger partial charge in [-0.05, 0) is 5.16 Å². The van der Waals surface area contributed by atoms with Crippen molar-refractivity contribution in [1.82, 2.24) is 10.1 Å². The zero-order chi connectivity index (χ0) is 6.85. The lowest BCUT2D eigenvalue weighted by atomic mass is 11.2. The van der Waals surface area contributed by atoms with Crippen LogP contribution in [0.1, 0.15) is 0 Å². The highest BCUT2D eigenvalue weighted by atomic mass is 32.2. The van der Waals surface area contributed by atoms with Crippen LogP contribution in [0.15, 0.2) is 9.68 Å². The molecule has 0 saturated carbocycles. The summed E-state index contributed by atoms with van der Waals surface area (Å²) in [7, 11) is -1.20. The highest BCUT2D eigenvalue weighted by Crippen LogP contribution is 1.99. The molecule has 1 aromatic heterocycles. The van der Waals surface area contributed by atoms with Crippen LogP contribution in [0.3, 0.4) is 0 Å². The highest BCUT2D eigenvalue weighted by Gasteiger charge is 2.04. The quantitative estimate of drug-likeness (QED) is 0.573. The van der Waals surface area contributed by atoms with Crippen LogP contribution in [0.4, 0.5) is 6.01 Å². The van der Waals surface area contributed by atoms with Gasteiger partial charge in [-0.25, -0.2) is 0 Å². The van der Waals surface area contributed by atoms with Crippen LogP contribution in [-0.2, 0) is 10.8 Å². The summed E-state index contributed by atoms with van der Waals surface area (Å²) in [6, 6.07) is -0.0554.